The van der Waals surface area contributed by atoms with Crippen LogP contribution in [0.5, 0.6) is 0 Å². The van der Waals surface area contributed by atoms with Gasteiger partial charge in [0.1, 0.15) is 0 Å². The first-order valence-electron chi connectivity index (χ1n) is 7.25. The molecule has 2 aliphatic rings. The van der Waals surface area contributed by atoms with Gasteiger partial charge in [0.2, 0.25) is 0 Å². The first-order chi connectivity index (χ1) is 9.34. The number of fused-ring (bicyclic) bond motifs is 5. The van der Waals surface area contributed by atoms with Crippen LogP contribution in [-0.4, -0.2) is 0 Å². The number of rotatable bonds is 0. The van der Waals surface area contributed by atoms with E-state index in [2.05, 4.69) is 49.4 Å². The zero-order valence-electron chi connectivity index (χ0n) is 11.4. The first-order valence-corrected chi connectivity index (χ1v) is 7.25. The van der Waals surface area contributed by atoms with Gasteiger partial charge in [0.15, 0.2) is 0 Å². The van der Waals surface area contributed by atoms with E-state index in [0.717, 1.165) is 0 Å². The highest BCUT2D eigenvalue weighted by Crippen LogP contribution is 2.39. The predicted octanol–water partition coefficient (Wildman–Crippen LogP) is 4.80. The summed E-state index contributed by atoms with van der Waals surface area (Å²) in [6.07, 6.45) is 7.21. The van der Waals surface area contributed by atoms with Crippen molar-refractivity contribution in [2.24, 2.45) is 0 Å². The van der Waals surface area contributed by atoms with Crippen LogP contribution in [0.2, 0.25) is 0 Å². The highest BCUT2D eigenvalue weighted by molar-refractivity contribution is 5.79. The summed E-state index contributed by atoms with van der Waals surface area (Å²) in [5.74, 6) is 0. The molecule has 0 radical (unpaired) electrons. The molecule has 0 saturated carbocycles. The fourth-order valence-electron chi connectivity index (χ4n) is 3.69. The van der Waals surface area contributed by atoms with Crippen LogP contribution in [-0.2, 0) is 19.3 Å². The van der Waals surface area contributed by atoms with Crippen molar-refractivity contribution in [1.29, 1.82) is 0 Å². The molecule has 19 heavy (non-hydrogen) atoms. The van der Waals surface area contributed by atoms with E-state index >= 15 is 0 Å². The van der Waals surface area contributed by atoms with Crippen molar-refractivity contribution in [1.82, 2.24) is 0 Å². The minimum atomic E-state index is 1.20. The molecule has 0 aliphatic heterocycles. The molecule has 0 N–H and O–H groups in total. The van der Waals surface area contributed by atoms with E-state index in [1.807, 2.05) is 0 Å². The summed E-state index contributed by atoms with van der Waals surface area (Å²) >= 11 is 0. The van der Waals surface area contributed by atoms with Crippen molar-refractivity contribution in [3.8, 4) is 11.1 Å². The summed E-state index contributed by atoms with van der Waals surface area (Å²) in [7, 11) is 0. The highest BCUT2D eigenvalue weighted by Gasteiger charge is 2.21. The molecule has 4 rings (SSSR count). The Morgan fingerprint density at radius 2 is 1.53 bits per heavy atom. The third-order valence-electron chi connectivity index (χ3n) is 4.65. The largest absolute Gasteiger partial charge is 0.0807 e. The van der Waals surface area contributed by atoms with Gasteiger partial charge in [0, 0.05) is 0 Å². The van der Waals surface area contributed by atoms with E-state index in [4.69, 9.17) is 0 Å². The van der Waals surface area contributed by atoms with Crippen molar-refractivity contribution in [2.75, 3.05) is 0 Å². The average Bonchev–Trinajstić information content (AvgIpc) is 2.47. The third kappa shape index (κ3) is 1.59. The van der Waals surface area contributed by atoms with Crippen LogP contribution in [0.3, 0.4) is 0 Å². The van der Waals surface area contributed by atoms with E-state index in [1.165, 1.54) is 53.5 Å². The van der Waals surface area contributed by atoms with Crippen LogP contribution < -0.4 is 0 Å². The van der Waals surface area contributed by atoms with Crippen molar-refractivity contribution >= 4 is 5.57 Å². The minimum Gasteiger partial charge on any atom is -0.0807 e. The molecule has 0 spiro atoms. The molecular weight excluding hydrogens is 228 g/mol. The highest BCUT2D eigenvalue weighted by atomic mass is 14.3. The van der Waals surface area contributed by atoms with Crippen LogP contribution in [0.15, 0.2) is 42.5 Å². The zero-order chi connectivity index (χ0) is 12.8. The molecule has 0 nitrogen and oxygen atoms in total. The van der Waals surface area contributed by atoms with Crippen LogP contribution in [0.4, 0.5) is 0 Å². The Bertz CT molecular complexity index is 689. The standard InChI is InChI=1S/C19H18/c1-13-5-4-8-17-15(13)11-12-18-16-7-3-2-6-14(16)9-10-19(17)18/h2-3,5-7,11-12H,4,8-10H2,1H3. The van der Waals surface area contributed by atoms with Gasteiger partial charge in [0.05, 0.1) is 0 Å². The topological polar surface area (TPSA) is 0 Å². The number of allylic oxidation sites excluding steroid dienone is 2. The summed E-state index contributed by atoms with van der Waals surface area (Å²) in [5.41, 5.74) is 10.6. The molecule has 0 bridgehead atoms. The summed E-state index contributed by atoms with van der Waals surface area (Å²) in [5, 5.41) is 0. The molecule has 0 unspecified atom stereocenters. The SMILES string of the molecule is CC1=CCCc2c1ccc1c2CCc2ccccc2-1. The molecule has 0 heteroatoms. The van der Waals surface area contributed by atoms with Crippen molar-refractivity contribution in [3.05, 3.63) is 64.7 Å². The quantitative estimate of drug-likeness (QED) is 0.626. The molecule has 2 aromatic carbocycles. The Morgan fingerprint density at radius 1 is 0.737 bits per heavy atom. The summed E-state index contributed by atoms with van der Waals surface area (Å²) in [6.45, 7) is 2.25. The smallest absolute Gasteiger partial charge is 0.0146 e. The lowest BCUT2D eigenvalue weighted by Gasteiger charge is -2.26. The molecule has 2 aromatic rings. The maximum absolute atomic E-state index is 2.38. The Balaban J connectivity index is 1.98. The van der Waals surface area contributed by atoms with Gasteiger partial charge in [0.25, 0.3) is 0 Å². The Morgan fingerprint density at radius 3 is 2.47 bits per heavy atom. The molecule has 0 aromatic heterocycles. The Labute approximate surface area is 114 Å². The Kier molecular flexibility index (Phi) is 2.38. The lowest BCUT2D eigenvalue weighted by molar-refractivity contribution is 0.883. The number of hydrogen-bond donors (Lipinski definition) is 0. The van der Waals surface area contributed by atoms with Crippen molar-refractivity contribution < 1.29 is 0 Å². The normalized spacial score (nSPS) is 16.2. The van der Waals surface area contributed by atoms with Gasteiger partial charge in [-0.15, -0.1) is 0 Å². The van der Waals surface area contributed by atoms with Crippen molar-refractivity contribution in [3.63, 3.8) is 0 Å². The molecule has 0 heterocycles. The van der Waals surface area contributed by atoms with E-state index in [1.54, 1.807) is 11.1 Å². The van der Waals surface area contributed by atoms with E-state index in [0.29, 0.717) is 0 Å². The van der Waals surface area contributed by atoms with Gasteiger partial charge in [-0.25, -0.2) is 0 Å². The molecule has 2 aliphatic carbocycles. The Hall–Kier alpha value is -1.82. The molecule has 0 amide bonds. The second-order valence-electron chi connectivity index (χ2n) is 5.70. The van der Waals surface area contributed by atoms with Gasteiger partial charge in [-0.05, 0) is 71.6 Å². The second kappa shape index (κ2) is 4.09. The van der Waals surface area contributed by atoms with Crippen LogP contribution in [0.1, 0.15) is 35.6 Å². The lowest BCUT2D eigenvalue weighted by Crippen LogP contribution is -2.10. The monoisotopic (exact) mass is 246 g/mol. The minimum absolute atomic E-state index is 1.20. The average molecular weight is 246 g/mol. The predicted molar refractivity (Wildman–Crippen MR) is 81.3 cm³/mol. The molecule has 0 fully saturated rings. The van der Waals surface area contributed by atoms with Gasteiger partial charge in [-0.1, -0.05) is 42.5 Å². The number of aryl methyl sites for hydroxylation is 1. The van der Waals surface area contributed by atoms with Crippen LogP contribution in [0.25, 0.3) is 16.7 Å². The van der Waals surface area contributed by atoms with Gasteiger partial charge in [-0.2, -0.15) is 0 Å². The first kappa shape index (κ1) is 11.0. The van der Waals surface area contributed by atoms with Crippen LogP contribution in [0, 0.1) is 0 Å². The number of hydrogen-bond acceptors (Lipinski definition) is 0. The summed E-state index contributed by atoms with van der Waals surface area (Å²) < 4.78 is 0. The van der Waals surface area contributed by atoms with Crippen LogP contribution >= 0.6 is 0 Å². The third-order valence-corrected chi connectivity index (χ3v) is 4.65. The van der Waals surface area contributed by atoms with Gasteiger partial charge in [-0.3, -0.25) is 0 Å². The second-order valence-corrected chi connectivity index (χ2v) is 5.70. The number of benzene rings is 2. The molecule has 0 atom stereocenters. The molecular formula is C19H18. The summed E-state index contributed by atoms with van der Waals surface area (Å²) in [4.78, 5) is 0. The molecule has 94 valence electrons. The fourth-order valence-corrected chi connectivity index (χ4v) is 3.69. The lowest BCUT2D eigenvalue weighted by atomic mass is 9.78. The van der Waals surface area contributed by atoms with Crippen molar-refractivity contribution in [2.45, 2.75) is 32.6 Å². The zero-order valence-corrected chi connectivity index (χ0v) is 11.4. The van der Waals surface area contributed by atoms with E-state index in [9.17, 15) is 0 Å². The van der Waals surface area contributed by atoms with Gasteiger partial charge < -0.3 is 0 Å². The summed E-state index contributed by atoms with van der Waals surface area (Å²) in [6, 6.07) is 13.6. The van der Waals surface area contributed by atoms with E-state index < -0.39 is 0 Å². The van der Waals surface area contributed by atoms with Gasteiger partial charge >= 0.3 is 0 Å². The fraction of sp³-hybridized carbons (Fsp3) is 0.263. The van der Waals surface area contributed by atoms with E-state index in [-0.39, 0.29) is 0 Å². The maximum Gasteiger partial charge on any atom is -0.0146 e. The molecule has 0 saturated heterocycles. The maximum atomic E-state index is 2.38.